The number of ether oxygens (including phenoxy) is 2. The van der Waals surface area contributed by atoms with Gasteiger partial charge in [-0.1, -0.05) is 18.2 Å². The predicted molar refractivity (Wildman–Crippen MR) is 117 cm³/mol. The molecule has 0 radical (unpaired) electrons. The van der Waals surface area contributed by atoms with Crippen LogP contribution in [-0.2, 0) is 6.54 Å². The molecule has 2 heterocycles. The quantitative estimate of drug-likeness (QED) is 0.406. The highest BCUT2D eigenvalue weighted by molar-refractivity contribution is 7.23. The molecule has 152 valence electrons. The van der Waals surface area contributed by atoms with Crippen molar-refractivity contribution in [3.63, 3.8) is 0 Å². The van der Waals surface area contributed by atoms with Crippen molar-refractivity contribution in [2.45, 2.75) is 13.5 Å². The summed E-state index contributed by atoms with van der Waals surface area (Å²) in [6.07, 6.45) is 1.50. The van der Waals surface area contributed by atoms with E-state index in [1.54, 1.807) is 30.6 Å². The average Bonchev–Trinajstić information content (AvgIpc) is 3.11. The standard InChI is InChI=1S/C22H20N4O3S/c1-13-19-21(30-20(13)15-6-4-5-7-17(15)28-2)22(24-12-23-19)26-25-11-14-8-9-18(29-3)16(27)10-14/h4-10,12,27H,11H2,1-3H3. The molecule has 2 aromatic heterocycles. The number of hydrogen-bond donors (Lipinski definition) is 1. The number of aryl methyl sites for hydroxylation is 1. The smallest absolute Gasteiger partial charge is 0.195 e. The molecule has 4 rings (SSSR count). The predicted octanol–water partition coefficient (Wildman–Crippen LogP) is 5.67. The third kappa shape index (κ3) is 3.69. The molecule has 0 bridgehead atoms. The third-order valence-corrected chi connectivity index (χ3v) is 6.01. The molecule has 30 heavy (non-hydrogen) atoms. The molecule has 0 aliphatic carbocycles. The number of nitrogens with zero attached hydrogens (tertiary/aromatic N) is 4. The molecule has 2 aromatic carbocycles. The van der Waals surface area contributed by atoms with E-state index < -0.39 is 0 Å². The van der Waals surface area contributed by atoms with Gasteiger partial charge >= 0.3 is 0 Å². The Kier molecular flexibility index (Phi) is 5.58. The minimum Gasteiger partial charge on any atom is -0.504 e. The average molecular weight is 420 g/mol. The number of thiophene rings is 1. The Bertz CT molecular complexity index is 1240. The highest BCUT2D eigenvalue weighted by Gasteiger charge is 2.17. The SMILES string of the molecule is COc1ccc(CN=Nc2ncnc3c(C)c(-c4ccccc4OC)sc23)cc1O. The van der Waals surface area contributed by atoms with Crippen molar-refractivity contribution in [3.05, 3.63) is 59.9 Å². The number of phenols is 1. The van der Waals surface area contributed by atoms with E-state index in [-0.39, 0.29) is 5.75 Å². The second-order valence-electron chi connectivity index (χ2n) is 6.54. The number of fused-ring (bicyclic) bond motifs is 1. The van der Waals surface area contributed by atoms with E-state index in [2.05, 4.69) is 20.2 Å². The van der Waals surface area contributed by atoms with Gasteiger partial charge in [-0.15, -0.1) is 16.5 Å². The molecule has 0 aliphatic heterocycles. The van der Waals surface area contributed by atoms with Gasteiger partial charge in [-0.2, -0.15) is 5.11 Å². The summed E-state index contributed by atoms with van der Waals surface area (Å²) in [6.45, 7) is 2.35. The first-order valence-electron chi connectivity index (χ1n) is 9.23. The van der Waals surface area contributed by atoms with E-state index in [0.29, 0.717) is 18.1 Å². The minimum atomic E-state index is 0.0740. The normalized spacial score (nSPS) is 11.3. The molecule has 0 unspecified atom stereocenters. The molecule has 0 saturated carbocycles. The van der Waals surface area contributed by atoms with Crippen LogP contribution in [-0.4, -0.2) is 29.3 Å². The number of azo groups is 1. The summed E-state index contributed by atoms with van der Waals surface area (Å²) in [6, 6.07) is 13.0. The Hall–Kier alpha value is -3.52. The zero-order valence-electron chi connectivity index (χ0n) is 16.8. The second kappa shape index (κ2) is 8.46. The first kappa shape index (κ1) is 19.8. The number of rotatable bonds is 6. The third-order valence-electron chi connectivity index (χ3n) is 4.70. The van der Waals surface area contributed by atoms with Gasteiger partial charge in [0.25, 0.3) is 0 Å². The van der Waals surface area contributed by atoms with E-state index in [1.807, 2.05) is 37.3 Å². The highest BCUT2D eigenvalue weighted by Crippen LogP contribution is 2.43. The van der Waals surface area contributed by atoms with E-state index in [0.717, 1.165) is 37.5 Å². The number of aromatic hydroxyl groups is 1. The summed E-state index contributed by atoms with van der Waals surface area (Å²) in [4.78, 5) is 9.83. The first-order valence-corrected chi connectivity index (χ1v) is 10.0. The Morgan fingerprint density at radius 2 is 1.83 bits per heavy atom. The van der Waals surface area contributed by atoms with Gasteiger partial charge in [0.15, 0.2) is 17.3 Å². The van der Waals surface area contributed by atoms with Crippen molar-refractivity contribution in [2.24, 2.45) is 10.2 Å². The number of hydrogen-bond acceptors (Lipinski definition) is 8. The largest absolute Gasteiger partial charge is 0.504 e. The number of aromatic nitrogens is 2. The maximum absolute atomic E-state index is 9.91. The molecule has 0 aliphatic rings. The van der Waals surface area contributed by atoms with Crippen LogP contribution in [0.3, 0.4) is 0 Å². The maximum atomic E-state index is 9.91. The van der Waals surface area contributed by atoms with Crippen molar-refractivity contribution >= 4 is 27.4 Å². The van der Waals surface area contributed by atoms with Crippen LogP contribution < -0.4 is 9.47 Å². The van der Waals surface area contributed by atoms with E-state index in [4.69, 9.17) is 9.47 Å². The molecular weight excluding hydrogens is 400 g/mol. The number of phenolic OH excluding ortho intramolecular Hbond substituents is 1. The molecular formula is C22H20N4O3S. The molecule has 0 fully saturated rings. The fourth-order valence-electron chi connectivity index (χ4n) is 3.19. The Balaban J connectivity index is 1.67. The van der Waals surface area contributed by atoms with Crippen LogP contribution in [0.2, 0.25) is 0 Å². The van der Waals surface area contributed by atoms with Crippen LogP contribution in [0.15, 0.2) is 59.0 Å². The Morgan fingerprint density at radius 1 is 1.03 bits per heavy atom. The van der Waals surface area contributed by atoms with Gasteiger partial charge < -0.3 is 14.6 Å². The van der Waals surface area contributed by atoms with Gasteiger partial charge in [-0.05, 0) is 42.3 Å². The van der Waals surface area contributed by atoms with Gasteiger partial charge in [-0.3, -0.25) is 0 Å². The summed E-state index contributed by atoms with van der Waals surface area (Å²) in [5.74, 6) is 1.82. The van der Waals surface area contributed by atoms with Crippen molar-refractivity contribution in [2.75, 3.05) is 14.2 Å². The molecule has 0 spiro atoms. The van der Waals surface area contributed by atoms with Gasteiger partial charge in [-0.25, -0.2) is 9.97 Å². The van der Waals surface area contributed by atoms with Crippen molar-refractivity contribution < 1.29 is 14.6 Å². The Labute approximate surface area is 177 Å². The summed E-state index contributed by atoms with van der Waals surface area (Å²) >= 11 is 1.57. The molecule has 0 atom stereocenters. The fraction of sp³-hybridized carbons (Fsp3) is 0.182. The zero-order valence-corrected chi connectivity index (χ0v) is 17.6. The Morgan fingerprint density at radius 3 is 2.60 bits per heavy atom. The molecule has 1 N–H and O–H groups in total. The van der Waals surface area contributed by atoms with Crippen molar-refractivity contribution in [3.8, 4) is 27.7 Å². The summed E-state index contributed by atoms with van der Waals surface area (Å²) in [5.41, 5.74) is 3.74. The van der Waals surface area contributed by atoms with Gasteiger partial charge in [0.1, 0.15) is 16.8 Å². The van der Waals surface area contributed by atoms with Crippen LogP contribution in [0.4, 0.5) is 5.82 Å². The summed E-state index contributed by atoms with van der Waals surface area (Å²) < 4.78 is 11.5. The molecule has 0 amide bonds. The van der Waals surface area contributed by atoms with Crippen LogP contribution in [0.5, 0.6) is 17.2 Å². The van der Waals surface area contributed by atoms with Gasteiger partial charge in [0.05, 0.1) is 26.3 Å². The van der Waals surface area contributed by atoms with Crippen molar-refractivity contribution in [1.82, 2.24) is 9.97 Å². The lowest BCUT2D eigenvalue weighted by molar-refractivity contribution is 0.373. The number of methoxy groups -OCH3 is 2. The van der Waals surface area contributed by atoms with Gasteiger partial charge in [0, 0.05) is 10.4 Å². The van der Waals surface area contributed by atoms with Crippen LogP contribution in [0.1, 0.15) is 11.1 Å². The molecule has 8 heteroatoms. The topological polar surface area (TPSA) is 89.2 Å². The number of benzene rings is 2. The second-order valence-corrected chi connectivity index (χ2v) is 7.56. The maximum Gasteiger partial charge on any atom is 0.195 e. The monoisotopic (exact) mass is 420 g/mol. The van der Waals surface area contributed by atoms with Crippen molar-refractivity contribution in [1.29, 1.82) is 0 Å². The lowest BCUT2D eigenvalue weighted by Crippen LogP contribution is -1.87. The zero-order chi connectivity index (χ0) is 21.1. The summed E-state index contributed by atoms with van der Waals surface area (Å²) in [5, 5.41) is 18.5. The van der Waals surface area contributed by atoms with Crippen LogP contribution in [0, 0.1) is 6.92 Å². The fourth-order valence-corrected chi connectivity index (χ4v) is 4.41. The van der Waals surface area contributed by atoms with E-state index >= 15 is 0 Å². The molecule has 4 aromatic rings. The van der Waals surface area contributed by atoms with Crippen LogP contribution in [0.25, 0.3) is 20.7 Å². The van der Waals surface area contributed by atoms with E-state index in [9.17, 15) is 5.11 Å². The molecule has 0 saturated heterocycles. The first-order chi connectivity index (χ1) is 14.6. The lowest BCUT2D eigenvalue weighted by atomic mass is 10.1. The number of para-hydroxylation sites is 1. The highest BCUT2D eigenvalue weighted by atomic mass is 32.1. The summed E-state index contributed by atoms with van der Waals surface area (Å²) in [7, 11) is 3.18. The minimum absolute atomic E-state index is 0.0740. The lowest BCUT2D eigenvalue weighted by Gasteiger charge is -2.06. The van der Waals surface area contributed by atoms with Crippen LogP contribution >= 0.6 is 11.3 Å². The van der Waals surface area contributed by atoms with Gasteiger partial charge in [0.2, 0.25) is 0 Å². The van der Waals surface area contributed by atoms with E-state index in [1.165, 1.54) is 13.4 Å². The molecule has 7 nitrogen and oxygen atoms in total.